The Kier molecular flexibility index (Phi) is 4.60. The number of anilines is 1. The van der Waals surface area contributed by atoms with E-state index in [1.807, 2.05) is 0 Å². The van der Waals surface area contributed by atoms with Crippen LogP contribution in [-0.4, -0.2) is 0 Å². The third kappa shape index (κ3) is 3.67. The SMILES string of the molecule is FC(F)(F)c1ccccc1CNc1ccc(Cl)cc1Br. The predicted molar refractivity (Wildman–Crippen MR) is 77.9 cm³/mol. The molecule has 2 rings (SSSR count). The lowest BCUT2D eigenvalue weighted by atomic mass is 10.1. The summed E-state index contributed by atoms with van der Waals surface area (Å²) in [6, 6.07) is 10.6. The molecule has 2 aromatic carbocycles. The fraction of sp³-hybridized carbons (Fsp3) is 0.143. The van der Waals surface area contributed by atoms with Crippen molar-refractivity contribution >= 4 is 33.2 Å². The maximum Gasteiger partial charge on any atom is 0.416 e. The van der Waals surface area contributed by atoms with Gasteiger partial charge in [-0.1, -0.05) is 29.8 Å². The van der Waals surface area contributed by atoms with Crippen molar-refractivity contribution < 1.29 is 13.2 Å². The molecule has 0 radical (unpaired) electrons. The van der Waals surface area contributed by atoms with E-state index in [0.717, 1.165) is 6.07 Å². The third-order valence-electron chi connectivity index (χ3n) is 2.72. The van der Waals surface area contributed by atoms with E-state index in [1.54, 1.807) is 24.3 Å². The Morgan fingerprint density at radius 2 is 1.80 bits per heavy atom. The molecule has 0 saturated carbocycles. The molecule has 0 atom stereocenters. The molecule has 0 aliphatic rings. The van der Waals surface area contributed by atoms with E-state index in [0.29, 0.717) is 15.2 Å². The molecule has 6 heteroatoms. The van der Waals surface area contributed by atoms with E-state index < -0.39 is 11.7 Å². The summed E-state index contributed by atoms with van der Waals surface area (Å²) < 4.78 is 39.3. The van der Waals surface area contributed by atoms with Crippen LogP contribution in [0.5, 0.6) is 0 Å². The lowest BCUT2D eigenvalue weighted by Crippen LogP contribution is -2.11. The van der Waals surface area contributed by atoms with Crippen LogP contribution in [0.1, 0.15) is 11.1 Å². The van der Waals surface area contributed by atoms with Crippen LogP contribution in [0, 0.1) is 0 Å². The van der Waals surface area contributed by atoms with Gasteiger partial charge in [-0.3, -0.25) is 0 Å². The predicted octanol–water partition coefficient (Wildman–Crippen LogP) is 5.73. The highest BCUT2D eigenvalue weighted by Gasteiger charge is 2.32. The highest BCUT2D eigenvalue weighted by Crippen LogP contribution is 2.33. The number of rotatable bonds is 3. The summed E-state index contributed by atoms with van der Waals surface area (Å²) in [5.74, 6) is 0. The second kappa shape index (κ2) is 6.06. The van der Waals surface area contributed by atoms with Crippen molar-refractivity contribution in [2.75, 3.05) is 5.32 Å². The Labute approximate surface area is 127 Å². The van der Waals surface area contributed by atoms with Crippen molar-refractivity contribution in [1.82, 2.24) is 0 Å². The summed E-state index contributed by atoms with van der Waals surface area (Å²) in [6.07, 6.45) is -4.35. The van der Waals surface area contributed by atoms with E-state index in [2.05, 4.69) is 21.2 Å². The van der Waals surface area contributed by atoms with Gasteiger partial charge in [-0.2, -0.15) is 13.2 Å². The number of nitrogens with one attached hydrogen (secondary N) is 1. The van der Waals surface area contributed by atoms with Crippen molar-refractivity contribution in [3.05, 3.63) is 63.1 Å². The molecule has 2 aromatic rings. The number of hydrogen-bond donors (Lipinski definition) is 1. The van der Waals surface area contributed by atoms with Gasteiger partial charge in [0.15, 0.2) is 0 Å². The highest BCUT2D eigenvalue weighted by molar-refractivity contribution is 9.10. The minimum absolute atomic E-state index is 0.0793. The number of alkyl halides is 3. The fourth-order valence-corrected chi connectivity index (χ4v) is 2.60. The van der Waals surface area contributed by atoms with Crippen LogP contribution in [0.2, 0.25) is 5.02 Å². The molecule has 0 aliphatic heterocycles. The van der Waals surface area contributed by atoms with Crippen LogP contribution < -0.4 is 5.32 Å². The summed E-state index contributed by atoms with van der Waals surface area (Å²) in [5.41, 5.74) is 0.255. The van der Waals surface area contributed by atoms with Crippen LogP contribution in [0.4, 0.5) is 18.9 Å². The van der Waals surface area contributed by atoms with Gasteiger partial charge in [0.25, 0.3) is 0 Å². The summed E-state index contributed by atoms with van der Waals surface area (Å²) in [6.45, 7) is 0.0793. The molecule has 106 valence electrons. The first kappa shape index (κ1) is 15.2. The van der Waals surface area contributed by atoms with E-state index in [-0.39, 0.29) is 12.1 Å². The average Bonchev–Trinajstić information content (AvgIpc) is 2.37. The van der Waals surface area contributed by atoms with Gasteiger partial charge in [-0.05, 0) is 45.8 Å². The van der Waals surface area contributed by atoms with Crippen molar-refractivity contribution in [1.29, 1.82) is 0 Å². The highest BCUT2D eigenvalue weighted by atomic mass is 79.9. The molecule has 0 saturated heterocycles. The normalized spacial score (nSPS) is 11.4. The summed E-state index contributed by atoms with van der Waals surface area (Å²) in [7, 11) is 0. The van der Waals surface area contributed by atoms with Crippen molar-refractivity contribution in [2.45, 2.75) is 12.7 Å². The smallest absolute Gasteiger partial charge is 0.380 e. The van der Waals surface area contributed by atoms with Crippen LogP contribution in [0.3, 0.4) is 0 Å². The molecule has 0 bridgehead atoms. The van der Waals surface area contributed by atoms with E-state index >= 15 is 0 Å². The number of halogens is 5. The molecule has 1 nitrogen and oxygen atoms in total. The molecule has 0 heterocycles. The quantitative estimate of drug-likeness (QED) is 0.733. The molecule has 0 aromatic heterocycles. The lowest BCUT2D eigenvalue weighted by Gasteiger charge is -2.14. The maximum absolute atomic E-state index is 12.9. The molecule has 0 amide bonds. The van der Waals surface area contributed by atoms with Gasteiger partial charge in [-0.15, -0.1) is 0 Å². The molecular formula is C14H10BrClF3N. The Morgan fingerprint density at radius 3 is 2.45 bits per heavy atom. The number of benzene rings is 2. The van der Waals surface area contributed by atoms with Crippen molar-refractivity contribution in [3.63, 3.8) is 0 Å². The summed E-state index contributed by atoms with van der Waals surface area (Å²) in [4.78, 5) is 0. The standard InChI is InChI=1S/C14H10BrClF3N/c15-12-7-10(16)5-6-13(12)20-8-9-3-1-2-4-11(9)14(17,18)19/h1-7,20H,8H2. The monoisotopic (exact) mass is 363 g/mol. The lowest BCUT2D eigenvalue weighted by molar-refractivity contribution is -0.138. The van der Waals surface area contributed by atoms with Crippen molar-refractivity contribution in [3.8, 4) is 0 Å². The first-order chi connectivity index (χ1) is 9.38. The zero-order chi connectivity index (χ0) is 14.8. The molecule has 0 unspecified atom stereocenters. The van der Waals surface area contributed by atoms with Crippen LogP contribution in [0.15, 0.2) is 46.9 Å². The van der Waals surface area contributed by atoms with Crippen LogP contribution >= 0.6 is 27.5 Å². The minimum Gasteiger partial charge on any atom is -0.380 e. The molecular weight excluding hydrogens is 355 g/mol. The van der Waals surface area contributed by atoms with Gasteiger partial charge in [0, 0.05) is 21.7 Å². The van der Waals surface area contributed by atoms with Crippen molar-refractivity contribution in [2.24, 2.45) is 0 Å². The second-order valence-electron chi connectivity index (χ2n) is 4.13. The Bertz CT molecular complexity index is 614. The first-order valence-corrected chi connectivity index (χ1v) is 6.89. The fourth-order valence-electron chi connectivity index (χ4n) is 1.77. The first-order valence-electron chi connectivity index (χ1n) is 5.72. The minimum atomic E-state index is -4.35. The Morgan fingerprint density at radius 1 is 1.10 bits per heavy atom. The molecule has 0 spiro atoms. The van der Waals surface area contributed by atoms with Gasteiger partial charge >= 0.3 is 6.18 Å². The van der Waals surface area contributed by atoms with Gasteiger partial charge in [0.2, 0.25) is 0 Å². The Balaban J connectivity index is 2.19. The second-order valence-corrected chi connectivity index (χ2v) is 5.42. The third-order valence-corrected chi connectivity index (χ3v) is 3.61. The topological polar surface area (TPSA) is 12.0 Å². The summed E-state index contributed by atoms with van der Waals surface area (Å²) in [5, 5.41) is 3.52. The zero-order valence-electron chi connectivity index (χ0n) is 10.1. The Hall–Kier alpha value is -1.20. The molecule has 0 aliphatic carbocycles. The molecule has 20 heavy (non-hydrogen) atoms. The zero-order valence-corrected chi connectivity index (χ0v) is 12.5. The maximum atomic E-state index is 12.9. The van der Waals surface area contributed by atoms with Gasteiger partial charge in [0.1, 0.15) is 0 Å². The molecule has 0 fully saturated rings. The van der Waals surface area contributed by atoms with Gasteiger partial charge in [0.05, 0.1) is 5.56 Å². The molecule has 1 N–H and O–H groups in total. The average molecular weight is 365 g/mol. The number of hydrogen-bond acceptors (Lipinski definition) is 1. The van der Waals surface area contributed by atoms with Crippen LogP contribution in [0.25, 0.3) is 0 Å². The van der Waals surface area contributed by atoms with Crippen LogP contribution in [-0.2, 0) is 12.7 Å². The van der Waals surface area contributed by atoms with E-state index in [4.69, 9.17) is 11.6 Å². The summed E-state index contributed by atoms with van der Waals surface area (Å²) >= 11 is 9.12. The van der Waals surface area contributed by atoms with E-state index in [9.17, 15) is 13.2 Å². The van der Waals surface area contributed by atoms with E-state index in [1.165, 1.54) is 12.1 Å². The largest absolute Gasteiger partial charge is 0.416 e. The van der Waals surface area contributed by atoms with Gasteiger partial charge < -0.3 is 5.32 Å². The van der Waals surface area contributed by atoms with Gasteiger partial charge in [-0.25, -0.2) is 0 Å².